The average molecular weight is 243 g/mol. The number of anilines is 1. The molecule has 0 radical (unpaired) electrons. The molecule has 0 atom stereocenters. The Hall–Kier alpha value is -1.03. The van der Waals surface area contributed by atoms with Gasteiger partial charge in [0.05, 0.1) is 10.6 Å². The van der Waals surface area contributed by atoms with Crippen molar-refractivity contribution in [3.63, 3.8) is 0 Å². The number of nitrogens with one attached hydrogen (secondary N) is 1. The van der Waals surface area contributed by atoms with Crippen LogP contribution in [0.3, 0.4) is 0 Å². The molecule has 92 valence electrons. The van der Waals surface area contributed by atoms with Crippen LogP contribution in [-0.4, -0.2) is 21.2 Å². The fraction of sp³-hybridized carbons (Fsp3) is 0.500. The molecule has 0 fully saturated rings. The monoisotopic (exact) mass is 243 g/mol. The minimum atomic E-state index is -3.13. The topological polar surface area (TPSA) is 46.2 Å². The summed E-state index contributed by atoms with van der Waals surface area (Å²) in [5, 5.41) is 3.09. The lowest BCUT2D eigenvalue weighted by molar-refractivity contribution is 0.602. The number of sulfone groups is 1. The molecule has 0 bridgehead atoms. The van der Waals surface area contributed by atoms with Crippen LogP contribution >= 0.6 is 0 Å². The van der Waals surface area contributed by atoms with Crippen LogP contribution in [0.5, 0.6) is 0 Å². The van der Waals surface area contributed by atoms with E-state index in [2.05, 4.69) is 5.32 Å². The lowest BCUT2D eigenvalue weighted by Crippen LogP contribution is -2.06. The molecule has 1 aromatic rings. The second kappa shape index (κ2) is 7.28. The maximum atomic E-state index is 11.4. The van der Waals surface area contributed by atoms with E-state index in [0.29, 0.717) is 10.6 Å². The summed E-state index contributed by atoms with van der Waals surface area (Å²) in [6.07, 6.45) is 2.19. The van der Waals surface area contributed by atoms with Gasteiger partial charge in [-0.15, -0.1) is 0 Å². The van der Waals surface area contributed by atoms with Crippen LogP contribution in [0.1, 0.15) is 27.2 Å². The zero-order valence-electron chi connectivity index (χ0n) is 10.4. The lowest BCUT2D eigenvalue weighted by atomic mass is 10.3. The van der Waals surface area contributed by atoms with Crippen LogP contribution in [0.4, 0.5) is 5.69 Å². The molecule has 3 nitrogen and oxygen atoms in total. The van der Waals surface area contributed by atoms with Crippen molar-refractivity contribution in [2.75, 3.05) is 18.1 Å². The van der Waals surface area contributed by atoms with Gasteiger partial charge in [-0.25, -0.2) is 8.42 Å². The molecule has 0 heterocycles. The van der Waals surface area contributed by atoms with E-state index in [0.717, 1.165) is 13.0 Å². The molecule has 1 N–H and O–H groups in total. The van der Waals surface area contributed by atoms with Gasteiger partial charge in [0.2, 0.25) is 0 Å². The second-order valence-electron chi connectivity index (χ2n) is 3.20. The molecule has 0 aliphatic rings. The minimum Gasteiger partial charge on any atom is -0.384 e. The van der Waals surface area contributed by atoms with Gasteiger partial charge in [-0.1, -0.05) is 32.9 Å². The summed E-state index contributed by atoms with van der Waals surface area (Å²) >= 11 is 0. The van der Waals surface area contributed by atoms with Gasteiger partial charge in [-0.2, -0.15) is 0 Å². The molecule has 16 heavy (non-hydrogen) atoms. The molecule has 0 saturated heterocycles. The average Bonchev–Trinajstić information content (AvgIpc) is 2.28. The van der Waals surface area contributed by atoms with Crippen LogP contribution in [0.2, 0.25) is 0 Å². The van der Waals surface area contributed by atoms with Crippen molar-refractivity contribution in [1.29, 1.82) is 0 Å². The van der Waals surface area contributed by atoms with Crippen molar-refractivity contribution < 1.29 is 8.42 Å². The molecule has 1 aromatic carbocycles. The largest absolute Gasteiger partial charge is 0.384 e. The van der Waals surface area contributed by atoms with E-state index in [1.807, 2.05) is 26.8 Å². The summed E-state index contributed by atoms with van der Waals surface area (Å²) in [4.78, 5) is 0.369. The minimum absolute atomic E-state index is 0.369. The highest BCUT2D eigenvalue weighted by Gasteiger charge is 2.11. The second-order valence-corrected chi connectivity index (χ2v) is 5.18. The molecule has 0 spiro atoms. The van der Waals surface area contributed by atoms with Gasteiger partial charge >= 0.3 is 0 Å². The Morgan fingerprint density at radius 3 is 2.25 bits per heavy atom. The SMILES string of the molecule is CC.CCCNc1ccccc1S(C)(=O)=O. The Morgan fingerprint density at radius 2 is 1.75 bits per heavy atom. The summed E-state index contributed by atoms with van der Waals surface area (Å²) in [5.74, 6) is 0. The van der Waals surface area contributed by atoms with E-state index in [1.54, 1.807) is 18.2 Å². The normalized spacial score (nSPS) is 10.2. The number of rotatable bonds is 4. The van der Waals surface area contributed by atoms with E-state index >= 15 is 0 Å². The predicted molar refractivity (Wildman–Crippen MR) is 69.7 cm³/mol. The van der Waals surface area contributed by atoms with Gasteiger partial charge in [0.1, 0.15) is 0 Å². The van der Waals surface area contributed by atoms with Crippen LogP contribution in [0.15, 0.2) is 29.2 Å². The van der Waals surface area contributed by atoms with Gasteiger partial charge in [0.25, 0.3) is 0 Å². The lowest BCUT2D eigenvalue weighted by Gasteiger charge is -2.09. The molecule has 0 aromatic heterocycles. The quantitative estimate of drug-likeness (QED) is 0.884. The maximum absolute atomic E-state index is 11.4. The van der Waals surface area contributed by atoms with Crippen molar-refractivity contribution in [1.82, 2.24) is 0 Å². The zero-order chi connectivity index (χ0) is 12.6. The van der Waals surface area contributed by atoms with Crippen molar-refractivity contribution in [2.45, 2.75) is 32.1 Å². The predicted octanol–water partition coefficient (Wildman–Crippen LogP) is 2.94. The van der Waals surface area contributed by atoms with Crippen molar-refractivity contribution >= 4 is 15.5 Å². The standard InChI is InChI=1S/C10H15NO2S.C2H6/c1-3-8-11-9-6-4-5-7-10(9)14(2,12)13;1-2/h4-7,11H,3,8H2,1-2H3;1-2H3. The maximum Gasteiger partial charge on any atom is 0.177 e. The summed E-state index contributed by atoms with van der Waals surface area (Å²) in [7, 11) is -3.13. The molecular formula is C12H21NO2S. The number of hydrogen-bond acceptors (Lipinski definition) is 3. The van der Waals surface area contributed by atoms with Crippen LogP contribution in [0.25, 0.3) is 0 Å². The van der Waals surface area contributed by atoms with Crippen LogP contribution in [-0.2, 0) is 9.84 Å². The molecule has 0 aliphatic heterocycles. The van der Waals surface area contributed by atoms with E-state index < -0.39 is 9.84 Å². The smallest absolute Gasteiger partial charge is 0.177 e. The Labute approximate surface area is 98.8 Å². The van der Waals surface area contributed by atoms with E-state index in [9.17, 15) is 8.42 Å². The first kappa shape index (κ1) is 15.0. The van der Waals surface area contributed by atoms with Gasteiger partial charge < -0.3 is 5.32 Å². The third kappa shape index (κ3) is 4.66. The fourth-order valence-corrected chi connectivity index (χ4v) is 2.06. The van der Waals surface area contributed by atoms with Gasteiger partial charge in [0.15, 0.2) is 9.84 Å². The van der Waals surface area contributed by atoms with Crippen molar-refractivity contribution in [2.24, 2.45) is 0 Å². The highest BCUT2D eigenvalue weighted by Crippen LogP contribution is 2.20. The fourth-order valence-electron chi connectivity index (χ4n) is 1.20. The summed E-state index contributed by atoms with van der Waals surface area (Å²) in [6.45, 7) is 6.82. The third-order valence-corrected chi connectivity index (χ3v) is 3.01. The summed E-state index contributed by atoms with van der Waals surface area (Å²) in [6, 6.07) is 6.96. The Bertz CT molecular complexity index is 399. The molecule has 0 unspecified atom stereocenters. The molecule has 0 saturated carbocycles. The summed E-state index contributed by atoms with van der Waals surface area (Å²) < 4.78 is 22.8. The van der Waals surface area contributed by atoms with Crippen LogP contribution < -0.4 is 5.32 Å². The number of benzene rings is 1. The molecule has 4 heteroatoms. The molecular weight excluding hydrogens is 222 g/mol. The van der Waals surface area contributed by atoms with E-state index in [4.69, 9.17) is 0 Å². The number of para-hydroxylation sites is 1. The highest BCUT2D eigenvalue weighted by atomic mass is 32.2. The van der Waals surface area contributed by atoms with E-state index in [1.165, 1.54) is 6.26 Å². The van der Waals surface area contributed by atoms with Crippen molar-refractivity contribution in [3.8, 4) is 0 Å². The zero-order valence-corrected chi connectivity index (χ0v) is 11.3. The molecule has 0 amide bonds. The van der Waals surface area contributed by atoms with Gasteiger partial charge in [-0.3, -0.25) is 0 Å². The first-order valence-electron chi connectivity index (χ1n) is 5.58. The first-order valence-corrected chi connectivity index (χ1v) is 7.48. The Morgan fingerprint density at radius 1 is 1.19 bits per heavy atom. The molecule has 1 rings (SSSR count). The number of hydrogen-bond donors (Lipinski definition) is 1. The first-order chi connectivity index (χ1) is 7.55. The van der Waals surface area contributed by atoms with Crippen LogP contribution in [0, 0.1) is 0 Å². The van der Waals surface area contributed by atoms with Crippen molar-refractivity contribution in [3.05, 3.63) is 24.3 Å². The highest BCUT2D eigenvalue weighted by molar-refractivity contribution is 7.90. The van der Waals surface area contributed by atoms with Gasteiger partial charge in [-0.05, 0) is 18.6 Å². The Balaban J connectivity index is 0.00000106. The van der Waals surface area contributed by atoms with E-state index in [-0.39, 0.29) is 0 Å². The molecule has 0 aliphatic carbocycles. The summed E-state index contributed by atoms with van der Waals surface area (Å²) in [5.41, 5.74) is 0.692. The Kier molecular flexibility index (Phi) is 6.81. The van der Waals surface area contributed by atoms with Gasteiger partial charge in [0, 0.05) is 12.8 Å². The third-order valence-electron chi connectivity index (χ3n) is 1.85.